The van der Waals surface area contributed by atoms with E-state index >= 15 is 0 Å². The highest BCUT2D eigenvalue weighted by Gasteiger charge is 2.25. The van der Waals surface area contributed by atoms with Crippen LogP contribution in [0.5, 0.6) is 0 Å². The Kier molecular flexibility index (Phi) is 6.88. The van der Waals surface area contributed by atoms with E-state index in [0.29, 0.717) is 16.1 Å². The van der Waals surface area contributed by atoms with Crippen molar-refractivity contribution in [1.29, 1.82) is 0 Å². The first-order chi connectivity index (χ1) is 9.66. The van der Waals surface area contributed by atoms with Gasteiger partial charge in [-0.2, -0.15) is 0 Å². The van der Waals surface area contributed by atoms with Crippen molar-refractivity contribution in [2.75, 3.05) is 20.1 Å². The van der Waals surface area contributed by atoms with Crippen LogP contribution < -0.4 is 5.32 Å². The number of amides is 1. The number of carbonyl (C=O) groups is 1. The van der Waals surface area contributed by atoms with E-state index in [9.17, 15) is 4.79 Å². The molecule has 4 nitrogen and oxygen atoms in total. The Morgan fingerprint density at radius 1 is 1.41 bits per heavy atom. The summed E-state index contributed by atoms with van der Waals surface area (Å²) in [6.07, 6.45) is 2.68. The van der Waals surface area contributed by atoms with Crippen molar-refractivity contribution in [2.45, 2.75) is 12.5 Å². The van der Waals surface area contributed by atoms with Crippen molar-refractivity contribution in [2.24, 2.45) is 0 Å². The maximum absolute atomic E-state index is 12.7. The van der Waals surface area contributed by atoms with Crippen LogP contribution in [0.2, 0.25) is 5.02 Å². The summed E-state index contributed by atoms with van der Waals surface area (Å²) in [5.41, 5.74) is 1.28. The summed E-state index contributed by atoms with van der Waals surface area (Å²) in [6, 6.07) is 7.54. The SMILES string of the molecule is CN(C(=O)c1cc(Cl)cc2cccnc12)C1CCNC1.Cl.Cl. The molecule has 0 bridgehead atoms. The van der Waals surface area contributed by atoms with E-state index < -0.39 is 0 Å². The second-order valence-electron chi connectivity index (χ2n) is 5.09. The minimum atomic E-state index is -0.0232. The lowest BCUT2D eigenvalue weighted by Gasteiger charge is -2.24. The minimum absolute atomic E-state index is 0. The molecule has 1 N–H and O–H groups in total. The lowest BCUT2D eigenvalue weighted by Crippen LogP contribution is -2.38. The molecule has 1 saturated heterocycles. The topological polar surface area (TPSA) is 45.2 Å². The Bertz CT molecular complexity index is 660. The molecule has 0 radical (unpaired) electrons. The zero-order valence-corrected chi connectivity index (χ0v) is 14.5. The van der Waals surface area contributed by atoms with E-state index in [1.54, 1.807) is 17.2 Å². The predicted octanol–water partition coefficient (Wildman–Crippen LogP) is 3.17. The lowest BCUT2D eigenvalue weighted by molar-refractivity contribution is 0.0745. The van der Waals surface area contributed by atoms with Crippen LogP contribution in [-0.4, -0.2) is 42.0 Å². The highest BCUT2D eigenvalue weighted by molar-refractivity contribution is 6.32. The number of hydrogen-bond donors (Lipinski definition) is 1. The number of carbonyl (C=O) groups excluding carboxylic acids is 1. The molecule has 1 fully saturated rings. The third-order valence-corrected chi connectivity index (χ3v) is 4.02. The molecule has 1 unspecified atom stereocenters. The molecule has 2 heterocycles. The summed E-state index contributed by atoms with van der Waals surface area (Å²) in [5.74, 6) is -0.0232. The van der Waals surface area contributed by atoms with Gasteiger partial charge in [0.05, 0.1) is 11.1 Å². The molecule has 1 amide bonds. The number of benzene rings is 1. The Morgan fingerprint density at radius 2 is 2.18 bits per heavy atom. The van der Waals surface area contributed by atoms with Gasteiger partial charge in [0.15, 0.2) is 0 Å². The van der Waals surface area contributed by atoms with Crippen molar-refractivity contribution in [3.8, 4) is 0 Å². The smallest absolute Gasteiger partial charge is 0.256 e. The number of nitrogens with one attached hydrogen (secondary N) is 1. The monoisotopic (exact) mass is 361 g/mol. The third-order valence-electron chi connectivity index (χ3n) is 3.80. The number of pyridine rings is 1. The van der Waals surface area contributed by atoms with Gasteiger partial charge >= 0.3 is 0 Å². The molecule has 1 aliphatic heterocycles. The molecular formula is C15H18Cl3N3O. The van der Waals surface area contributed by atoms with E-state index in [0.717, 1.165) is 24.9 Å². The van der Waals surface area contributed by atoms with Crippen LogP contribution in [0.15, 0.2) is 30.5 Å². The molecule has 2 aromatic rings. The quantitative estimate of drug-likeness (QED) is 0.892. The third kappa shape index (κ3) is 3.63. The summed E-state index contributed by atoms with van der Waals surface area (Å²) in [5, 5.41) is 4.72. The zero-order chi connectivity index (χ0) is 14.1. The standard InChI is InChI=1S/C15H16ClN3O.2ClH/c1-19(12-4-6-17-9-12)15(20)13-8-11(16)7-10-3-2-5-18-14(10)13;;/h2-3,5,7-8,12,17H,4,6,9H2,1H3;2*1H. The van der Waals surface area contributed by atoms with Crippen LogP contribution in [-0.2, 0) is 0 Å². The van der Waals surface area contributed by atoms with Gasteiger partial charge in [-0.3, -0.25) is 9.78 Å². The van der Waals surface area contributed by atoms with Gasteiger partial charge in [0.25, 0.3) is 5.91 Å². The maximum atomic E-state index is 12.7. The predicted molar refractivity (Wildman–Crippen MR) is 94.6 cm³/mol. The molecule has 120 valence electrons. The van der Waals surface area contributed by atoms with Crippen LogP contribution in [0, 0.1) is 0 Å². The fourth-order valence-corrected chi connectivity index (χ4v) is 2.87. The molecule has 1 atom stereocenters. The second kappa shape index (κ2) is 7.97. The second-order valence-corrected chi connectivity index (χ2v) is 5.53. The Labute approximate surface area is 147 Å². The summed E-state index contributed by atoms with van der Waals surface area (Å²) in [7, 11) is 1.84. The molecule has 3 rings (SSSR count). The van der Waals surface area contributed by atoms with Crippen LogP contribution in [0.1, 0.15) is 16.8 Å². The fourth-order valence-electron chi connectivity index (χ4n) is 2.64. The van der Waals surface area contributed by atoms with Gasteiger partial charge in [0.2, 0.25) is 0 Å². The Morgan fingerprint density at radius 3 is 2.86 bits per heavy atom. The normalized spacial score (nSPS) is 16.7. The number of rotatable bonds is 2. The van der Waals surface area contributed by atoms with Crippen molar-refractivity contribution in [1.82, 2.24) is 15.2 Å². The van der Waals surface area contributed by atoms with Crippen molar-refractivity contribution < 1.29 is 4.79 Å². The molecule has 0 aliphatic carbocycles. The van der Waals surface area contributed by atoms with E-state index in [4.69, 9.17) is 11.6 Å². The first-order valence-corrected chi connectivity index (χ1v) is 7.07. The number of halogens is 3. The van der Waals surface area contributed by atoms with E-state index in [1.807, 2.05) is 25.2 Å². The van der Waals surface area contributed by atoms with Gasteiger partial charge in [-0.15, -0.1) is 24.8 Å². The number of aromatic nitrogens is 1. The van der Waals surface area contributed by atoms with E-state index in [-0.39, 0.29) is 36.8 Å². The van der Waals surface area contributed by atoms with Crippen LogP contribution >= 0.6 is 36.4 Å². The molecule has 0 spiro atoms. The highest BCUT2D eigenvalue weighted by atomic mass is 35.5. The van der Waals surface area contributed by atoms with Gasteiger partial charge in [0.1, 0.15) is 0 Å². The largest absolute Gasteiger partial charge is 0.337 e. The van der Waals surface area contributed by atoms with Gasteiger partial charge < -0.3 is 10.2 Å². The van der Waals surface area contributed by atoms with Gasteiger partial charge in [-0.25, -0.2) is 0 Å². The molecule has 1 aromatic heterocycles. The first-order valence-electron chi connectivity index (χ1n) is 6.69. The number of hydrogen-bond acceptors (Lipinski definition) is 3. The molecule has 22 heavy (non-hydrogen) atoms. The number of likely N-dealkylation sites (N-methyl/N-ethyl adjacent to an activating group) is 1. The Balaban J connectivity index is 0.00000121. The molecule has 1 aliphatic rings. The first kappa shape index (κ1) is 19.0. The highest BCUT2D eigenvalue weighted by Crippen LogP contribution is 2.24. The fraction of sp³-hybridized carbons (Fsp3) is 0.333. The van der Waals surface area contributed by atoms with Crippen LogP contribution in [0.4, 0.5) is 0 Å². The minimum Gasteiger partial charge on any atom is -0.337 e. The van der Waals surface area contributed by atoms with Gasteiger partial charge in [0, 0.05) is 36.2 Å². The average Bonchev–Trinajstić information content (AvgIpc) is 2.99. The van der Waals surface area contributed by atoms with Gasteiger partial charge in [-0.1, -0.05) is 17.7 Å². The average molecular weight is 363 g/mol. The van der Waals surface area contributed by atoms with Crippen molar-refractivity contribution in [3.05, 3.63) is 41.0 Å². The Hall–Kier alpha value is -1.07. The van der Waals surface area contributed by atoms with Crippen LogP contribution in [0.3, 0.4) is 0 Å². The summed E-state index contributed by atoms with van der Waals surface area (Å²) >= 11 is 6.12. The maximum Gasteiger partial charge on any atom is 0.256 e. The van der Waals surface area contributed by atoms with E-state index in [1.165, 1.54) is 0 Å². The summed E-state index contributed by atoms with van der Waals surface area (Å²) < 4.78 is 0. The summed E-state index contributed by atoms with van der Waals surface area (Å²) in [6.45, 7) is 1.80. The summed E-state index contributed by atoms with van der Waals surface area (Å²) in [4.78, 5) is 18.8. The number of nitrogens with zero attached hydrogens (tertiary/aromatic N) is 2. The zero-order valence-electron chi connectivity index (χ0n) is 12.1. The van der Waals surface area contributed by atoms with Gasteiger partial charge in [-0.05, 0) is 31.2 Å². The lowest BCUT2D eigenvalue weighted by atomic mass is 10.1. The molecule has 1 aromatic carbocycles. The van der Waals surface area contributed by atoms with Crippen LogP contribution in [0.25, 0.3) is 10.9 Å². The molecule has 7 heteroatoms. The van der Waals surface area contributed by atoms with Crippen molar-refractivity contribution in [3.63, 3.8) is 0 Å². The van der Waals surface area contributed by atoms with Crippen molar-refractivity contribution >= 4 is 53.2 Å². The molecular weight excluding hydrogens is 345 g/mol. The van der Waals surface area contributed by atoms with E-state index in [2.05, 4.69) is 10.3 Å². The number of fused-ring (bicyclic) bond motifs is 1. The molecule has 0 saturated carbocycles.